The number of carbonyl (C=O) groups is 2. The first-order valence-electron chi connectivity index (χ1n) is 7.02. The lowest BCUT2D eigenvalue weighted by Crippen LogP contribution is -2.20. The summed E-state index contributed by atoms with van der Waals surface area (Å²) in [6.07, 6.45) is 3.04. The van der Waals surface area contributed by atoms with E-state index in [1.165, 1.54) is 23.9 Å². The molecule has 2 amide bonds. The van der Waals surface area contributed by atoms with Crippen molar-refractivity contribution in [1.29, 1.82) is 0 Å². The van der Waals surface area contributed by atoms with E-state index in [2.05, 4.69) is 9.97 Å². The number of hydrogen-bond donors (Lipinski definition) is 2. The predicted molar refractivity (Wildman–Crippen MR) is 88.6 cm³/mol. The molecule has 0 saturated heterocycles. The summed E-state index contributed by atoms with van der Waals surface area (Å²) in [7, 11) is 0. The predicted octanol–water partition coefficient (Wildman–Crippen LogP) is 1.90. The van der Waals surface area contributed by atoms with Gasteiger partial charge in [0.05, 0.1) is 11.2 Å². The third-order valence-electron chi connectivity index (χ3n) is 3.49. The first-order valence-corrected chi connectivity index (χ1v) is 7.90. The number of aryl methyl sites for hydroxylation is 1. The summed E-state index contributed by atoms with van der Waals surface area (Å²) >= 11 is 1.44. The Kier molecular flexibility index (Phi) is 4.13. The summed E-state index contributed by atoms with van der Waals surface area (Å²) in [5, 5.41) is 2.66. The van der Waals surface area contributed by atoms with Crippen LogP contribution in [0.1, 0.15) is 37.0 Å². The molecule has 0 saturated carbocycles. The summed E-state index contributed by atoms with van der Waals surface area (Å²) in [6, 6.07) is 3.15. The standard InChI is InChI=1S/C16H14N4O3S/c1-8-6-24-14(20-8)4-10-11(15(17)21)2-9(3-12(10)16(18)22)13-5-19-7-23-13/h2-3,5-7H,4H2,1H3,(H2,17,21)(H2,18,22). The van der Waals surface area contributed by atoms with Gasteiger partial charge in [0.1, 0.15) is 0 Å². The van der Waals surface area contributed by atoms with Gasteiger partial charge in [-0.2, -0.15) is 0 Å². The zero-order chi connectivity index (χ0) is 17.3. The van der Waals surface area contributed by atoms with E-state index in [1.807, 2.05) is 12.3 Å². The molecule has 2 aromatic heterocycles. The number of carbonyl (C=O) groups excluding carboxylic acids is 2. The van der Waals surface area contributed by atoms with Crippen molar-refractivity contribution in [2.75, 3.05) is 0 Å². The van der Waals surface area contributed by atoms with Gasteiger partial charge in [0.15, 0.2) is 12.2 Å². The number of amides is 2. The third kappa shape index (κ3) is 3.04. The van der Waals surface area contributed by atoms with Crippen LogP contribution in [-0.4, -0.2) is 21.8 Å². The molecule has 8 heteroatoms. The van der Waals surface area contributed by atoms with Crippen molar-refractivity contribution in [1.82, 2.24) is 9.97 Å². The van der Waals surface area contributed by atoms with Gasteiger partial charge >= 0.3 is 0 Å². The Morgan fingerprint density at radius 3 is 2.33 bits per heavy atom. The molecule has 4 N–H and O–H groups in total. The van der Waals surface area contributed by atoms with Gasteiger partial charge in [0, 0.05) is 34.2 Å². The van der Waals surface area contributed by atoms with Crippen LogP contribution in [0.25, 0.3) is 11.3 Å². The third-order valence-corrected chi connectivity index (χ3v) is 4.46. The molecule has 0 bridgehead atoms. The second-order valence-electron chi connectivity index (χ2n) is 5.20. The van der Waals surface area contributed by atoms with Gasteiger partial charge in [0.2, 0.25) is 11.8 Å². The SMILES string of the molecule is Cc1csc(Cc2c(C(N)=O)cc(-c3cnco3)cc2C(N)=O)n1. The quantitative estimate of drug-likeness (QED) is 0.732. The van der Waals surface area contributed by atoms with Gasteiger partial charge in [-0.1, -0.05) is 0 Å². The second-order valence-corrected chi connectivity index (χ2v) is 6.15. The van der Waals surface area contributed by atoms with Crippen molar-refractivity contribution >= 4 is 23.2 Å². The van der Waals surface area contributed by atoms with E-state index in [1.54, 1.807) is 12.1 Å². The number of benzene rings is 1. The van der Waals surface area contributed by atoms with Crippen LogP contribution < -0.4 is 11.5 Å². The number of nitrogens with zero attached hydrogens (tertiary/aromatic N) is 2. The Morgan fingerprint density at radius 2 is 1.88 bits per heavy atom. The number of aromatic nitrogens is 2. The summed E-state index contributed by atoms with van der Waals surface area (Å²) in [4.78, 5) is 32.0. The highest BCUT2D eigenvalue weighted by molar-refractivity contribution is 7.09. The highest BCUT2D eigenvalue weighted by Gasteiger charge is 2.20. The van der Waals surface area contributed by atoms with Crippen LogP contribution >= 0.6 is 11.3 Å². The molecule has 0 aliphatic rings. The Bertz CT molecular complexity index is 880. The number of rotatable bonds is 5. The zero-order valence-corrected chi connectivity index (χ0v) is 13.6. The van der Waals surface area contributed by atoms with Gasteiger partial charge in [-0.15, -0.1) is 11.3 Å². The number of nitrogens with two attached hydrogens (primary N) is 2. The van der Waals surface area contributed by atoms with Gasteiger partial charge < -0.3 is 15.9 Å². The Hall–Kier alpha value is -3.00. The molecule has 0 fully saturated rings. The molecule has 0 spiro atoms. The molecule has 122 valence electrons. The lowest BCUT2D eigenvalue weighted by molar-refractivity contribution is 0.0999. The Labute approximate surface area is 141 Å². The van der Waals surface area contributed by atoms with Crippen molar-refractivity contribution in [3.63, 3.8) is 0 Å². The molecule has 0 atom stereocenters. The normalized spacial score (nSPS) is 10.7. The van der Waals surface area contributed by atoms with Crippen molar-refractivity contribution < 1.29 is 14.0 Å². The minimum Gasteiger partial charge on any atom is -0.444 e. The topological polar surface area (TPSA) is 125 Å². The fourth-order valence-electron chi connectivity index (χ4n) is 2.44. The molecule has 1 aromatic carbocycles. The smallest absolute Gasteiger partial charge is 0.249 e. The Balaban J connectivity index is 2.18. The second kappa shape index (κ2) is 6.25. The maximum Gasteiger partial charge on any atom is 0.249 e. The molecule has 7 nitrogen and oxygen atoms in total. The van der Waals surface area contributed by atoms with Crippen LogP contribution in [0.4, 0.5) is 0 Å². The minimum absolute atomic E-state index is 0.213. The van der Waals surface area contributed by atoms with E-state index in [0.29, 0.717) is 23.3 Å². The largest absolute Gasteiger partial charge is 0.444 e. The van der Waals surface area contributed by atoms with Crippen LogP contribution in [0, 0.1) is 6.92 Å². The average molecular weight is 342 g/mol. The van der Waals surface area contributed by atoms with E-state index in [-0.39, 0.29) is 11.1 Å². The van der Waals surface area contributed by atoms with E-state index in [4.69, 9.17) is 15.9 Å². The summed E-state index contributed by atoms with van der Waals surface area (Å²) in [5.41, 5.74) is 13.3. The number of primary amides is 2. The highest BCUT2D eigenvalue weighted by Crippen LogP contribution is 2.28. The molecule has 0 aliphatic carbocycles. The highest BCUT2D eigenvalue weighted by atomic mass is 32.1. The fourth-order valence-corrected chi connectivity index (χ4v) is 3.22. The number of oxazole rings is 1. The van der Waals surface area contributed by atoms with Crippen molar-refractivity contribution in [2.45, 2.75) is 13.3 Å². The van der Waals surface area contributed by atoms with Crippen molar-refractivity contribution in [3.05, 3.63) is 57.5 Å². The lowest BCUT2D eigenvalue weighted by Gasteiger charge is -2.12. The maximum atomic E-state index is 11.9. The van der Waals surface area contributed by atoms with Gasteiger partial charge in [0.25, 0.3) is 0 Å². The first-order chi connectivity index (χ1) is 11.5. The van der Waals surface area contributed by atoms with Crippen LogP contribution in [0.5, 0.6) is 0 Å². The van der Waals surface area contributed by atoms with E-state index >= 15 is 0 Å². The van der Waals surface area contributed by atoms with Gasteiger partial charge in [-0.3, -0.25) is 9.59 Å². The van der Waals surface area contributed by atoms with E-state index in [9.17, 15) is 9.59 Å². The zero-order valence-electron chi connectivity index (χ0n) is 12.8. The molecule has 0 unspecified atom stereocenters. The molecular weight excluding hydrogens is 328 g/mol. The Morgan fingerprint density at radius 1 is 1.21 bits per heavy atom. The van der Waals surface area contributed by atoms with E-state index in [0.717, 1.165) is 10.7 Å². The van der Waals surface area contributed by atoms with Gasteiger partial charge in [-0.25, -0.2) is 9.97 Å². The molecule has 2 heterocycles. The minimum atomic E-state index is -0.651. The number of hydrogen-bond acceptors (Lipinski definition) is 6. The van der Waals surface area contributed by atoms with E-state index < -0.39 is 11.8 Å². The fraction of sp³-hybridized carbons (Fsp3) is 0.125. The van der Waals surface area contributed by atoms with Crippen LogP contribution in [0.2, 0.25) is 0 Å². The van der Waals surface area contributed by atoms with Crippen LogP contribution in [-0.2, 0) is 6.42 Å². The molecule has 0 aliphatic heterocycles. The molecular formula is C16H14N4O3S. The molecule has 24 heavy (non-hydrogen) atoms. The summed E-state index contributed by atoms with van der Waals surface area (Å²) in [6.45, 7) is 1.87. The molecule has 3 aromatic rings. The monoisotopic (exact) mass is 342 g/mol. The average Bonchev–Trinajstić information content (AvgIpc) is 3.18. The van der Waals surface area contributed by atoms with Crippen molar-refractivity contribution in [2.24, 2.45) is 11.5 Å². The van der Waals surface area contributed by atoms with Crippen molar-refractivity contribution in [3.8, 4) is 11.3 Å². The maximum absolute atomic E-state index is 11.9. The van der Waals surface area contributed by atoms with Gasteiger partial charge in [-0.05, 0) is 24.6 Å². The lowest BCUT2D eigenvalue weighted by atomic mass is 9.93. The number of thiazole rings is 1. The summed E-state index contributed by atoms with van der Waals surface area (Å²) < 4.78 is 5.22. The van der Waals surface area contributed by atoms with Crippen LogP contribution in [0.15, 0.2) is 34.5 Å². The molecule has 0 radical (unpaired) electrons. The molecule has 3 rings (SSSR count). The van der Waals surface area contributed by atoms with Crippen LogP contribution in [0.3, 0.4) is 0 Å². The summed E-state index contributed by atoms with van der Waals surface area (Å²) in [5.74, 6) is -0.888. The first kappa shape index (κ1) is 15.9.